The molecule has 0 saturated heterocycles. The van der Waals surface area contributed by atoms with Crippen molar-refractivity contribution in [1.82, 2.24) is 9.97 Å². The van der Waals surface area contributed by atoms with Crippen molar-refractivity contribution in [1.29, 1.82) is 0 Å². The SMILES string of the molecule is Clc1cc(C2CC2)nc(Cc2ccccc2Br)n1. The van der Waals surface area contributed by atoms with Crippen molar-refractivity contribution in [2.24, 2.45) is 0 Å². The highest BCUT2D eigenvalue weighted by atomic mass is 79.9. The average Bonchev–Trinajstić information content (AvgIpc) is 3.15. The third-order valence-corrected chi connectivity index (χ3v) is 4.03. The Balaban J connectivity index is 1.90. The topological polar surface area (TPSA) is 25.8 Å². The second kappa shape index (κ2) is 4.98. The van der Waals surface area contributed by atoms with E-state index in [2.05, 4.69) is 32.0 Å². The minimum Gasteiger partial charge on any atom is -0.237 e. The summed E-state index contributed by atoms with van der Waals surface area (Å²) >= 11 is 9.61. The van der Waals surface area contributed by atoms with Gasteiger partial charge in [-0.1, -0.05) is 45.7 Å². The number of halogens is 2. The van der Waals surface area contributed by atoms with Gasteiger partial charge in [-0.2, -0.15) is 0 Å². The Morgan fingerprint density at radius 2 is 2.00 bits per heavy atom. The summed E-state index contributed by atoms with van der Waals surface area (Å²) in [6, 6.07) is 10.0. The van der Waals surface area contributed by atoms with Crippen LogP contribution in [0.25, 0.3) is 0 Å². The number of hydrogen-bond acceptors (Lipinski definition) is 2. The molecule has 0 bridgehead atoms. The van der Waals surface area contributed by atoms with Crippen molar-refractivity contribution in [3.63, 3.8) is 0 Å². The van der Waals surface area contributed by atoms with Gasteiger partial charge in [0.2, 0.25) is 0 Å². The minimum absolute atomic E-state index is 0.550. The van der Waals surface area contributed by atoms with Gasteiger partial charge in [0.25, 0.3) is 0 Å². The molecule has 18 heavy (non-hydrogen) atoms. The lowest BCUT2D eigenvalue weighted by Crippen LogP contribution is -2.00. The Morgan fingerprint density at radius 1 is 1.22 bits per heavy atom. The lowest BCUT2D eigenvalue weighted by atomic mass is 10.1. The van der Waals surface area contributed by atoms with Crippen LogP contribution in [0.3, 0.4) is 0 Å². The van der Waals surface area contributed by atoms with E-state index in [1.165, 1.54) is 18.4 Å². The first-order valence-corrected chi connectivity index (χ1v) is 7.16. The average molecular weight is 324 g/mol. The van der Waals surface area contributed by atoms with Crippen LogP contribution in [0.1, 0.15) is 35.8 Å². The predicted molar refractivity (Wildman–Crippen MR) is 76.0 cm³/mol. The zero-order chi connectivity index (χ0) is 12.5. The van der Waals surface area contributed by atoms with Crippen LogP contribution in [-0.2, 0) is 6.42 Å². The Bertz CT molecular complexity index is 582. The van der Waals surface area contributed by atoms with E-state index >= 15 is 0 Å². The van der Waals surface area contributed by atoms with E-state index in [4.69, 9.17) is 11.6 Å². The van der Waals surface area contributed by atoms with E-state index in [1.807, 2.05) is 24.3 Å². The largest absolute Gasteiger partial charge is 0.237 e. The van der Waals surface area contributed by atoms with Gasteiger partial charge in [-0.25, -0.2) is 9.97 Å². The fourth-order valence-electron chi connectivity index (χ4n) is 1.96. The molecule has 2 nitrogen and oxygen atoms in total. The molecule has 2 aromatic rings. The molecule has 1 saturated carbocycles. The van der Waals surface area contributed by atoms with E-state index in [0.29, 0.717) is 17.5 Å². The van der Waals surface area contributed by atoms with Gasteiger partial charge in [0, 0.05) is 22.5 Å². The summed E-state index contributed by atoms with van der Waals surface area (Å²) in [6.45, 7) is 0. The van der Waals surface area contributed by atoms with Gasteiger partial charge in [0.15, 0.2) is 0 Å². The molecule has 0 unspecified atom stereocenters. The summed E-state index contributed by atoms with van der Waals surface area (Å²) in [5.74, 6) is 1.40. The number of nitrogens with zero attached hydrogens (tertiary/aromatic N) is 2. The Hall–Kier alpha value is -0.930. The van der Waals surface area contributed by atoms with Crippen LogP contribution in [-0.4, -0.2) is 9.97 Å². The van der Waals surface area contributed by atoms with Crippen LogP contribution < -0.4 is 0 Å². The van der Waals surface area contributed by atoms with Crippen LogP contribution >= 0.6 is 27.5 Å². The molecule has 0 atom stereocenters. The second-order valence-electron chi connectivity index (χ2n) is 4.57. The lowest BCUT2D eigenvalue weighted by molar-refractivity contribution is 0.898. The van der Waals surface area contributed by atoms with Gasteiger partial charge in [-0.15, -0.1) is 0 Å². The number of hydrogen-bond donors (Lipinski definition) is 0. The number of benzene rings is 1. The quantitative estimate of drug-likeness (QED) is 0.784. The molecule has 0 radical (unpaired) electrons. The van der Waals surface area contributed by atoms with Gasteiger partial charge in [0.1, 0.15) is 11.0 Å². The summed E-state index contributed by atoms with van der Waals surface area (Å²) < 4.78 is 1.08. The molecule has 0 amide bonds. The summed E-state index contributed by atoms with van der Waals surface area (Å²) in [7, 11) is 0. The monoisotopic (exact) mass is 322 g/mol. The normalized spacial score (nSPS) is 14.8. The summed E-state index contributed by atoms with van der Waals surface area (Å²) in [4.78, 5) is 8.93. The van der Waals surface area contributed by atoms with E-state index in [9.17, 15) is 0 Å². The van der Waals surface area contributed by atoms with Crippen molar-refractivity contribution in [2.75, 3.05) is 0 Å². The Kier molecular flexibility index (Phi) is 3.35. The van der Waals surface area contributed by atoms with Crippen molar-refractivity contribution >= 4 is 27.5 Å². The molecular weight excluding hydrogens is 312 g/mol. The Morgan fingerprint density at radius 3 is 2.72 bits per heavy atom. The van der Waals surface area contributed by atoms with Gasteiger partial charge in [-0.3, -0.25) is 0 Å². The zero-order valence-electron chi connectivity index (χ0n) is 9.74. The molecule has 0 aliphatic heterocycles. The number of rotatable bonds is 3. The fourth-order valence-corrected chi connectivity index (χ4v) is 2.60. The molecule has 1 aliphatic rings. The molecule has 1 aliphatic carbocycles. The van der Waals surface area contributed by atoms with Crippen LogP contribution in [0.5, 0.6) is 0 Å². The van der Waals surface area contributed by atoms with Gasteiger partial charge in [-0.05, 0) is 30.5 Å². The maximum atomic E-state index is 6.07. The second-order valence-corrected chi connectivity index (χ2v) is 5.82. The first kappa shape index (κ1) is 12.1. The van der Waals surface area contributed by atoms with E-state index in [1.54, 1.807) is 0 Å². The highest BCUT2D eigenvalue weighted by Gasteiger charge is 2.26. The first-order valence-electron chi connectivity index (χ1n) is 5.99. The molecular formula is C14H12BrClN2. The standard InChI is InChI=1S/C14H12BrClN2/c15-11-4-2-1-3-10(11)7-14-17-12(9-5-6-9)8-13(16)18-14/h1-4,8-9H,5-7H2. The van der Waals surface area contributed by atoms with Crippen LogP contribution in [0, 0.1) is 0 Å². The van der Waals surface area contributed by atoms with Gasteiger partial charge < -0.3 is 0 Å². The van der Waals surface area contributed by atoms with Crippen molar-refractivity contribution in [3.05, 3.63) is 57.0 Å². The molecule has 1 aromatic carbocycles. The smallest absolute Gasteiger partial charge is 0.134 e. The van der Waals surface area contributed by atoms with E-state index < -0.39 is 0 Å². The molecule has 0 spiro atoms. The van der Waals surface area contributed by atoms with E-state index in [0.717, 1.165) is 16.0 Å². The molecule has 0 N–H and O–H groups in total. The fraction of sp³-hybridized carbons (Fsp3) is 0.286. The van der Waals surface area contributed by atoms with Crippen molar-refractivity contribution in [3.8, 4) is 0 Å². The molecule has 1 aromatic heterocycles. The molecule has 1 heterocycles. The summed E-state index contributed by atoms with van der Waals surface area (Å²) in [6.07, 6.45) is 3.16. The van der Waals surface area contributed by atoms with Crippen molar-refractivity contribution < 1.29 is 0 Å². The molecule has 92 valence electrons. The van der Waals surface area contributed by atoms with E-state index in [-0.39, 0.29) is 0 Å². The molecule has 1 fully saturated rings. The van der Waals surface area contributed by atoms with Crippen LogP contribution in [0.15, 0.2) is 34.8 Å². The number of aromatic nitrogens is 2. The highest BCUT2D eigenvalue weighted by molar-refractivity contribution is 9.10. The Labute approximate surface area is 120 Å². The minimum atomic E-state index is 0.550. The van der Waals surface area contributed by atoms with Crippen molar-refractivity contribution in [2.45, 2.75) is 25.2 Å². The van der Waals surface area contributed by atoms with Gasteiger partial charge >= 0.3 is 0 Å². The third kappa shape index (κ3) is 2.73. The predicted octanol–water partition coefficient (Wildman–Crippen LogP) is 4.36. The third-order valence-electron chi connectivity index (χ3n) is 3.06. The highest BCUT2D eigenvalue weighted by Crippen LogP contribution is 2.39. The summed E-state index contributed by atoms with van der Waals surface area (Å²) in [5.41, 5.74) is 2.28. The first-order chi connectivity index (χ1) is 8.72. The van der Waals surface area contributed by atoms with Gasteiger partial charge in [0.05, 0.1) is 0 Å². The maximum absolute atomic E-state index is 6.07. The van der Waals surface area contributed by atoms with Crippen LogP contribution in [0.2, 0.25) is 5.15 Å². The molecule has 3 rings (SSSR count). The maximum Gasteiger partial charge on any atom is 0.134 e. The zero-order valence-corrected chi connectivity index (χ0v) is 12.1. The summed E-state index contributed by atoms with van der Waals surface area (Å²) in [5, 5.41) is 0.550. The molecule has 4 heteroatoms. The van der Waals surface area contributed by atoms with Crippen LogP contribution in [0.4, 0.5) is 0 Å². The lowest BCUT2D eigenvalue weighted by Gasteiger charge is -2.06.